The number of nitro groups is 1. The lowest BCUT2D eigenvalue weighted by atomic mass is 10.2. The van der Waals surface area contributed by atoms with E-state index in [1.165, 1.54) is 12.1 Å². The Morgan fingerprint density at radius 1 is 1.53 bits per heavy atom. The molecule has 0 spiro atoms. The van der Waals surface area contributed by atoms with Gasteiger partial charge in [0.1, 0.15) is 0 Å². The standard InChI is InChI=1S/C9H6N2O4/c10-8(12)5-4-6-2-1-3-7(9(6)13)11(14)15/h1-3,13H,(H2,10,12). The van der Waals surface area contributed by atoms with Crippen LogP contribution in [-0.2, 0) is 4.79 Å². The Morgan fingerprint density at radius 2 is 2.20 bits per heavy atom. The maximum absolute atomic E-state index is 10.4. The lowest BCUT2D eigenvalue weighted by molar-refractivity contribution is -0.385. The van der Waals surface area contributed by atoms with Crippen molar-refractivity contribution in [1.82, 2.24) is 0 Å². The average Bonchev–Trinajstić information content (AvgIpc) is 2.15. The minimum Gasteiger partial charge on any atom is -0.501 e. The van der Waals surface area contributed by atoms with Crippen LogP contribution >= 0.6 is 0 Å². The third-order valence-corrected chi connectivity index (χ3v) is 1.53. The van der Waals surface area contributed by atoms with Crippen LogP contribution in [0, 0.1) is 22.0 Å². The zero-order chi connectivity index (χ0) is 11.4. The summed E-state index contributed by atoms with van der Waals surface area (Å²) in [4.78, 5) is 20.0. The minimum absolute atomic E-state index is 0.0111. The first-order chi connectivity index (χ1) is 7.02. The highest BCUT2D eigenvalue weighted by atomic mass is 16.6. The van der Waals surface area contributed by atoms with Gasteiger partial charge in [-0.25, -0.2) is 0 Å². The number of rotatable bonds is 1. The van der Waals surface area contributed by atoms with E-state index in [-0.39, 0.29) is 5.56 Å². The molecule has 0 radical (unpaired) electrons. The Bertz CT molecular complexity index is 485. The van der Waals surface area contributed by atoms with Gasteiger partial charge in [-0.1, -0.05) is 12.0 Å². The van der Waals surface area contributed by atoms with Crippen molar-refractivity contribution >= 4 is 11.6 Å². The number of primary amides is 1. The van der Waals surface area contributed by atoms with Gasteiger partial charge in [0.2, 0.25) is 5.75 Å². The van der Waals surface area contributed by atoms with E-state index in [0.29, 0.717) is 0 Å². The first-order valence-electron chi connectivity index (χ1n) is 3.80. The van der Waals surface area contributed by atoms with E-state index in [2.05, 4.69) is 5.92 Å². The highest BCUT2D eigenvalue weighted by Crippen LogP contribution is 2.28. The highest BCUT2D eigenvalue weighted by molar-refractivity contribution is 5.92. The van der Waals surface area contributed by atoms with Gasteiger partial charge in [0.25, 0.3) is 5.91 Å². The molecule has 0 unspecified atom stereocenters. The molecule has 1 rings (SSSR count). The topological polar surface area (TPSA) is 106 Å². The number of hydrogen-bond acceptors (Lipinski definition) is 4. The van der Waals surface area contributed by atoms with Crippen LogP contribution in [0.1, 0.15) is 5.56 Å². The Labute approximate surface area is 84.5 Å². The van der Waals surface area contributed by atoms with Crippen LogP contribution in [-0.4, -0.2) is 15.9 Å². The lowest BCUT2D eigenvalue weighted by Crippen LogP contribution is -2.06. The fraction of sp³-hybridized carbons (Fsp3) is 0. The molecule has 3 N–H and O–H groups in total. The van der Waals surface area contributed by atoms with E-state index in [4.69, 9.17) is 5.73 Å². The maximum atomic E-state index is 10.4. The summed E-state index contributed by atoms with van der Waals surface area (Å²) in [6.45, 7) is 0. The molecule has 76 valence electrons. The van der Waals surface area contributed by atoms with E-state index in [1.54, 1.807) is 0 Å². The number of amides is 1. The van der Waals surface area contributed by atoms with Crippen LogP contribution in [0.2, 0.25) is 0 Å². The van der Waals surface area contributed by atoms with Crippen molar-refractivity contribution in [3.05, 3.63) is 33.9 Å². The molecule has 0 saturated carbocycles. The van der Waals surface area contributed by atoms with Gasteiger partial charge < -0.3 is 10.8 Å². The van der Waals surface area contributed by atoms with Crippen molar-refractivity contribution in [2.45, 2.75) is 0 Å². The van der Waals surface area contributed by atoms with Gasteiger partial charge in [-0.2, -0.15) is 0 Å². The molecule has 1 aromatic carbocycles. The van der Waals surface area contributed by atoms with Gasteiger partial charge in [-0.3, -0.25) is 14.9 Å². The van der Waals surface area contributed by atoms with Crippen molar-refractivity contribution in [2.24, 2.45) is 5.73 Å². The monoisotopic (exact) mass is 206 g/mol. The number of para-hydroxylation sites is 1. The third-order valence-electron chi connectivity index (χ3n) is 1.53. The van der Waals surface area contributed by atoms with Crippen molar-refractivity contribution < 1.29 is 14.8 Å². The largest absolute Gasteiger partial charge is 0.501 e. The molecule has 0 aliphatic carbocycles. The summed E-state index contributed by atoms with van der Waals surface area (Å²) < 4.78 is 0. The number of carbonyl (C=O) groups is 1. The van der Waals surface area contributed by atoms with E-state index >= 15 is 0 Å². The zero-order valence-electron chi connectivity index (χ0n) is 7.43. The van der Waals surface area contributed by atoms with Gasteiger partial charge >= 0.3 is 5.69 Å². The summed E-state index contributed by atoms with van der Waals surface area (Å²) in [7, 11) is 0. The summed E-state index contributed by atoms with van der Waals surface area (Å²) in [6, 6.07) is 3.83. The van der Waals surface area contributed by atoms with Crippen LogP contribution in [0.3, 0.4) is 0 Å². The second-order valence-electron chi connectivity index (χ2n) is 2.54. The van der Waals surface area contributed by atoms with E-state index < -0.39 is 22.3 Å². The number of hydrogen-bond donors (Lipinski definition) is 2. The smallest absolute Gasteiger partial charge is 0.312 e. The zero-order valence-corrected chi connectivity index (χ0v) is 7.43. The van der Waals surface area contributed by atoms with Crippen LogP contribution in [0.25, 0.3) is 0 Å². The average molecular weight is 206 g/mol. The number of nitrogens with two attached hydrogens (primary N) is 1. The molecule has 0 heterocycles. The molecule has 0 aliphatic rings. The van der Waals surface area contributed by atoms with Gasteiger partial charge in [0, 0.05) is 12.0 Å². The first kappa shape index (κ1) is 10.5. The number of nitro benzene ring substituents is 1. The van der Waals surface area contributed by atoms with Crippen molar-refractivity contribution in [2.75, 3.05) is 0 Å². The summed E-state index contributed by atoms with van der Waals surface area (Å²) in [5, 5.41) is 19.8. The number of phenols is 1. The van der Waals surface area contributed by atoms with Gasteiger partial charge in [0.05, 0.1) is 10.5 Å². The molecule has 6 heteroatoms. The number of benzene rings is 1. The number of nitrogens with zero attached hydrogens (tertiary/aromatic N) is 1. The predicted molar refractivity (Wildman–Crippen MR) is 50.8 cm³/mol. The third kappa shape index (κ3) is 2.45. The molecular weight excluding hydrogens is 200 g/mol. The highest BCUT2D eigenvalue weighted by Gasteiger charge is 2.14. The fourth-order valence-electron chi connectivity index (χ4n) is 0.908. The summed E-state index contributed by atoms with van der Waals surface area (Å²) in [6.07, 6.45) is 0. The quantitative estimate of drug-likeness (QED) is 0.387. The summed E-state index contributed by atoms with van der Waals surface area (Å²) in [5.41, 5.74) is 4.28. The number of aromatic hydroxyl groups is 1. The molecule has 15 heavy (non-hydrogen) atoms. The van der Waals surface area contributed by atoms with Crippen LogP contribution in [0.15, 0.2) is 18.2 Å². The second kappa shape index (κ2) is 4.11. The van der Waals surface area contributed by atoms with Crippen LogP contribution < -0.4 is 5.73 Å². The molecule has 0 aromatic heterocycles. The molecule has 1 aromatic rings. The molecule has 0 atom stereocenters. The van der Waals surface area contributed by atoms with Crippen LogP contribution in [0.5, 0.6) is 5.75 Å². The summed E-state index contributed by atoms with van der Waals surface area (Å²) in [5.74, 6) is 2.76. The fourth-order valence-corrected chi connectivity index (χ4v) is 0.908. The first-order valence-corrected chi connectivity index (χ1v) is 3.80. The van der Waals surface area contributed by atoms with E-state index in [1.807, 2.05) is 5.92 Å². The Balaban J connectivity index is 3.23. The second-order valence-corrected chi connectivity index (χ2v) is 2.54. The van der Waals surface area contributed by atoms with Crippen LogP contribution in [0.4, 0.5) is 5.69 Å². The Kier molecular flexibility index (Phi) is 2.88. The minimum atomic E-state index is -0.874. The Morgan fingerprint density at radius 3 is 2.73 bits per heavy atom. The van der Waals surface area contributed by atoms with Crippen molar-refractivity contribution in [3.8, 4) is 17.6 Å². The van der Waals surface area contributed by atoms with Gasteiger partial charge in [-0.15, -0.1) is 0 Å². The van der Waals surface area contributed by atoms with Crippen molar-refractivity contribution in [1.29, 1.82) is 0 Å². The maximum Gasteiger partial charge on any atom is 0.312 e. The van der Waals surface area contributed by atoms with Crippen molar-refractivity contribution in [3.63, 3.8) is 0 Å². The van der Waals surface area contributed by atoms with E-state index in [0.717, 1.165) is 6.07 Å². The summed E-state index contributed by atoms with van der Waals surface area (Å²) >= 11 is 0. The number of phenolic OH excluding ortho intramolecular Hbond substituents is 1. The molecule has 0 saturated heterocycles. The SMILES string of the molecule is NC(=O)C#Cc1cccc([N+](=O)[O-])c1O. The normalized spacial score (nSPS) is 8.80. The molecular formula is C9H6N2O4. The molecule has 1 amide bonds. The van der Waals surface area contributed by atoms with Gasteiger partial charge in [0.15, 0.2) is 0 Å². The number of carbonyl (C=O) groups excluding carboxylic acids is 1. The predicted octanol–water partition coefficient (Wildman–Crippen LogP) is 0.137. The molecule has 0 fully saturated rings. The van der Waals surface area contributed by atoms with E-state index in [9.17, 15) is 20.0 Å². The Hall–Kier alpha value is -2.55. The molecule has 0 bridgehead atoms. The molecule has 6 nitrogen and oxygen atoms in total. The lowest BCUT2D eigenvalue weighted by Gasteiger charge is -1.97. The molecule has 0 aliphatic heterocycles. The van der Waals surface area contributed by atoms with Gasteiger partial charge in [-0.05, 0) is 6.07 Å².